The molecular formula is C17H19NO. The van der Waals surface area contributed by atoms with Gasteiger partial charge in [0.25, 0.3) is 0 Å². The zero-order chi connectivity index (χ0) is 13.2. The van der Waals surface area contributed by atoms with Crippen molar-refractivity contribution in [2.24, 2.45) is 0 Å². The standard InChI is InChI=1S/C17H19NO/c1-13-6-8-15(9-7-13)19-17-5-3-4-14-12-18(2)11-10-16(14)17/h3-9H,10-12H2,1-2H3. The van der Waals surface area contributed by atoms with Crippen molar-refractivity contribution in [2.45, 2.75) is 19.9 Å². The lowest BCUT2D eigenvalue weighted by Gasteiger charge is -2.26. The first-order valence-corrected chi connectivity index (χ1v) is 6.76. The smallest absolute Gasteiger partial charge is 0.130 e. The molecule has 0 aromatic heterocycles. The SMILES string of the molecule is Cc1ccc(Oc2cccc3c2CCN(C)C3)cc1. The van der Waals surface area contributed by atoms with Crippen LogP contribution in [0.5, 0.6) is 11.5 Å². The molecule has 2 aromatic carbocycles. The first-order chi connectivity index (χ1) is 9.22. The number of aryl methyl sites for hydroxylation is 1. The molecule has 0 fully saturated rings. The molecule has 0 spiro atoms. The summed E-state index contributed by atoms with van der Waals surface area (Å²) >= 11 is 0. The number of ether oxygens (including phenoxy) is 1. The van der Waals surface area contributed by atoms with E-state index < -0.39 is 0 Å². The molecule has 0 radical (unpaired) electrons. The number of likely N-dealkylation sites (N-methyl/N-ethyl adjacent to an activating group) is 1. The van der Waals surface area contributed by atoms with Crippen LogP contribution in [0.2, 0.25) is 0 Å². The maximum Gasteiger partial charge on any atom is 0.130 e. The Bertz CT molecular complexity index is 574. The van der Waals surface area contributed by atoms with Crippen molar-refractivity contribution in [3.63, 3.8) is 0 Å². The maximum absolute atomic E-state index is 6.05. The van der Waals surface area contributed by atoms with Crippen molar-refractivity contribution in [1.82, 2.24) is 4.90 Å². The average molecular weight is 253 g/mol. The van der Waals surface area contributed by atoms with Gasteiger partial charge in [-0.25, -0.2) is 0 Å². The monoisotopic (exact) mass is 253 g/mol. The van der Waals surface area contributed by atoms with Gasteiger partial charge >= 0.3 is 0 Å². The van der Waals surface area contributed by atoms with Crippen LogP contribution in [0.3, 0.4) is 0 Å². The van der Waals surface area contributed by atoms with E-state index in [9.17, 15) is 0 Å². The van der Waals surface area contributed by atoms with Crippen molar-refractivity contribution >= 4 is 0 Å². The molecule has 3 rings (SSSR count). The summed E-state index contributed by atoms with van der Waals surface area (Å²) in [5, 5.41) is 0. The van der Waals surface area contributed by atoms with Crippen LogP contribution < -0.4 is 4.74 Å². The molecule has 0 aliphatic carbocycles. The molecule has 0 atom stereocenters. The van der Waals surface area contributed by atoms with Gasteiger partial charge in [0.1, 0.15) is 11.5 Å². The predicted molar refractivity (Wildman–Crippen MR) is 77.7 cm³/mol. The van der Waals surface area contributed by atoms with Crippen LogP contribution in [0, 0.1) is 6.92 Å². The van der Waals surface area contributed by atoms with Crippen molar-refractivity contribution in [1.29, 1.82) is 0 Å². The van der Waals surface area contributed by atoms with Crippen molar-refractivity contribution in [3.05, 3.63) is 59.2 Å². The van der Waals surface area contributed by atoms with E-state index in [0.717, 1.165) is 31.0 Å². The third-order valence-electron chi connectivity index (χ3n) is 3.66. The van der Waals surface area contributed by atoms with Crippen molar-refractivity contribution in [2.75, 3.05) is 13.6 Å². The predicted octanol–water partition coefficient (Wildman–Crippen LogP) is 3.78. The fraction of sp³-hybridized carbons (Fsp3) is 0.294. The largest absolute Gasteiger partial charge is 0.457 e. The Balaban J connectivity index is 1.89. The lowest BCUT2D eigenvalue weighted by Crippen LogP contribution is -2.26. The summed E-state index contributed by atoms with van der Waals surface area (Å²) in [6, 6.07) is 14.6. The summed E-state index contributed by atoms with van der Waals surface area (Å²) in [4.78, 5) is 2.35. The van der Waals surface area contributed by atoms with Crippen molar-refractivity contribution in [3.8, 4) is 11.5 Å². The van der Waals surface area contributed by atoms with Crippen molar-refractivity contribution < 1.29 is 4.74 Å². The van der Waals surface area contributed by atoms with E-state index in [1.54, 1.807) is 0 Å². The number of fused-ring (bicyclic) bond motifs is 1. The van der Waals surface area contributed by atoms with Gasteiger partial charge in [-0.2, -0.15) is 0 Å². The summed E-state index contributed by atoms with van der Waals surface area (Å²) in [5.41, 5.74) is 4.00. The van der Waals surface area contributed by atoms with Crippen LogP contribution in [0.1, 0.15) is 16.7 Å². The molecule has 1 aliphatic rings. The topological polar surface area (TPSA) is 12.5 Å². The van der Waals surface area contributed by atoms with E-state index in [0.29, 0.717) is 0 Å². The molecule has 98 valence electrons. The van der Waals surface area contributed by atoms with Gasteiger partial charge in [0.15, 0.2) is 0 Å². The van der Waals surface area contributed by atoms with Gasteiger partial charge in [0.05, 0.1) is 0 Å². The minimum atomic E-state index is 0.915. The Morgan fingerprint density at radius 2 is 1.84 bits per heavy atom. The molecule has 2 aromatic rings. The fourth-order valence-corrected chi connectivity index (χ4v) is 2.54. The summed E-state index contributed by atoms with van der Waals surface area (Å²) in [5.74, 6) is 1.92. The third-order valence-corrected chi connectivity index (χ3v) is 3.66. The summed E-state index contributed by atoms with van der Waals surface area (Å²) in [6.45, 7) is 4.20. The summed E-state index contributed by atoms with van der Waals surface area (Å²) in [6.07, 6.45) is 1.06. The molecule has 2 heteroatoms. The third kappa shape index (κ3) is 2.64. The van der Waals surface area contributed by atoms with Gasteiger partial charge in [-0.1, -0.05) is 29.8 Å². The maximum atomic E-state index is 6.05. The highest BCUT2D eigenvalue weighted by atomic mass is 16.5. The van der Waals surface area contributed by atoms with Crippen LogP contribution >= 0.6 is 0 Å². The molecule has 19 heavy (non-hydrogen) atoms. The normalized spacial score (nSPS) is 15.1. The number of rotatable bonds is 2. The van der Waals surface area contributed by atoms with E-state index in [1.807, 2.05) is 12.1 Å². The lowest BCUT2D eigenvalue weighted by atomic mass is 9.99. The molecule has 0 saturated heterocycles. The van der Waals surface area contributed by atoms with Gasteiger partial charge in [-0.15, -0.1) is 0 Å². The highest BCUT2D eigenvalue weighted by Crippen LogP contribution is 2.31. The highest BCUT2D eigenvalue weighted by molar-refractivity contribution is 5.44. The van der Waals surface area contributed by atoms with Gasteiger partial charge in [-0.05, 0) is 44.2 Å². The minimum absolute atomic E-state index is 0.915. The van der Waals surface area contributed by atoms with E-state index >= 15 is 0 Å². The fourth-order valence-electron chi connectivity index (χ4n) is 2.54. The number of benzene rings is 2. The number of hydrogen-bond acceptors (Lipinski definition) is 2. The molecular weight excluding hydrogens is 234 g/mol. The molecule has 0 N–H and O–H groups in total. The molecule has 0 bridgehead atoms. The summed E-state index contributed by atoms with van der Waals surface area (Å²) < 4.78 is 6.05. The van der Waals surface area contributed by atoms with Crippen LogP contribution in [0.15, 0.2) is 42.5 Å². The Hall–Kier alpha value is -1.80. The first-order valence-electron chi connectivity index (χ1n) is 6.76. The van der Waals surface area contributed by atoms with E-state index in [-0.39, 0.29) is 0 Å². The van der Waals surface area contributed by atoms with E-state index in [4.69, 9.17) is 4.74 Å². The Morgan fingerprint density at radius 3 is 2.63 bits per heavy atom. The lowest BCUT2D eigenvalue weighted by molar-refractivity contribution is 0.309. The van der Waals surface area contributed by atoms with Crippen LogP contribution in [0.4, 0.5) is 0 Å². The number of nitrogens with zero attached hydrogens (tertiary/aromatic N) is 1. The van der Waals surface area contributed by atoms with Gasteiger partial charge < -0.3 is 9.64 Å². The molecule has 0 unspecified atom stereocenters. The Labute approximate surface area is 114 Å². The highest BCUT2D eigenvalue weighted by Gasteiger charge is 2.17. The van der Waals surface area contributed by atoms with Gasteiger partial charge in [0, 0.05) is 18.7 Å². The Kier molecular flexibility index (Phi) is 3.26. The molecule has 0 amide bonds. The molecule has 0 saturated carbocycles. The quantitative estimate of drug-likeness (QED) is 0.807. The zero-order valence-electron chi connectivity index (χ0n) is 11.5. The average Bonchev–Trinajstić information content (AvgIpc) is 2.41. The zero-order valence-corrected chi connectivity index (χ0v) is 11.5. The van der Waals surface area contributed by atoms with Gasteiger partial charge in [-0.3, -0.25) is 0 Å². The van der Waals surface area contributed by atoms with E-state index in [1.165, 1.54) is 16.7 Å². The number of hydrogen-bond donors (Lipinski definition) is 0. The van der Waals surface area contributed by atoms with Crippen LogP contribution in [-0.2, 0) is 13.0 Å². The van der Waals surface area contributed by atoms with Crippen LogP contribution in [0.25, 0.3) is 0 Å². The van der Waals surface area contributed by atoms with E-state index in [2.05, 4.69) is 49.2 Å². The second-order valence-electron chi connectivity index (χ2n) is 5.30. The van der Waals surface area contributed by atoms with Crippen LogP contribution in [-0.4, -0.2) is 18.5 Å². The summed E-state index contributed by atoms with van der Waals surface area (Å²) in [7, 11) is 2.16. The minimum Gasteiger partial charge on any atom is -0.457 e. The molecule has 1 aliphatic heterocycles. The first kappa shape index (κ1) is 12.2. The van der Waals surface area contributed by atoms with Gasteiger partial charge in [0.2, 0.25) is 0 Å². The second kappa shape index (κ2) is 5.06. The molecule has 2 nitrogen and oxygen atoms in total. The Morgan fingerprint density at radius 1 is 1.05 bits per heavy atom. The second-order valence-corrected chi connectivity index (χ2v) is 5.30. The molecule has 1 heterocycles.